The van der Waals surface area contributed by atoms with Gasteiger partial charge in [0.1, 0.15) is 11.3 Å². The topological polar surface area (TPSA) is 16.4 Å². The molecule has 11 aromatic carbocycles. The number of anilines is 3. The highest BCUT2D eigenvalue weighted by molar-refractivity contribution is 6.08. The normalized spacial score (nSPS) is 11.3. The minimum Gasteiger partial charge on any atom is -0.456 e. The summed E-state index contributed by atoms with van der Waals surface area (Å²) in [5, 5.41) is 6.17. The lowest BCUT2D eigenvalue weighted by Gasteiger charge is -2.26. The third kappa shape index (κ3) is 7.41. The quantitative estimate of drug-likeness (QED) is 0.135. The molecule has 66 heavy (non-hydrogen) atoms. The van der Waals surface area contributed by atoms with Crippen LogP contribution in [0.15, 0.2) is 265 Å². The summed E-state index contributed by atoms with van der Waals surface area (Å²) in [5.41, 5.74) is 17.0. The van der Waals surface area contributed by atoms with E-state index in [0.717, 1.165) is 61.6 Å². The van der Waals surface area contributed by atoms with Crippen molar-refractivity contribution < 1.29 is 4.42 Å². The standard InChI is InChI=1S/C64H43NO/c1-2-11-44(12-3-1)51-15-10-16-52(41-51)47-29-36-57(37-30-47)65(58-38-31-48(32-39-58)53-33-40-61-54(42-53)26-25-49-13-4-6-17-59(49)61)56-34-27-46(28-35-56)45-21-23-50(24-22-45)60-18-7-8-19-62(60)64-43-55-14-5-9-20-63(55)66-64/h1-43H. The predicted molar refractivity (Wildman–Crippen MR) is 279 cm³/mol. The Labute approximate surface area is 384 Å². The van der Waals surface area contributed by atoms with E-state index in [-0.39, 0.29) is 0 Å². The van der Waals surface area contributed by atoms with Crippen molar-refractivity contribution >= 4 is 49.6 Å². The fourth-order valence-electron chi connectivity index (χ4n) is 9.46. The van der Waals surface area contributed by atoms with Gasteiger partial charge in [0.15, 0.2) is 0 Å². The Morgan fingerprint density at radius 1 is 0.242 bits per heavy atom. The van der Waals surface area contributed by atoms with Crippen molar-refractivity contribution in [2.45, 2.75) is 0 Å². The van der Waals surface area contributed by atoms with Crippen LogP contribution in [0.5, 0.6) is 0 Å². The molecule has 0 fully saturated rings. The number of fused-ring (bicyclic) bond motifs is 4. The van der Waals surface area contributed by atoms with Gasteiger partial charge in [-0.25, -0.2) is 0 Å². The van der Waals surface area contributed by atoms with Crippen LogP contribution in [-0.4, -0.2) is 0 Å². The van der Waals surface area contributed by atoms with Crippen molar-refractivity contribution in [1.29, 1.82) is 0 Å². The zero-order valence-corrected chi connectivity index (χ0v) is 36.2. The van der Waals surface area contributed by atoms with Crippen molar-refractivity contribution in [3.05, 3.63) is 261 Å². The number of benzene rings is 11. The first kappa shape index (κ1) is 38.9. The molecule has 1 heterocycles. The van der Waals surface area contributed by atoms with E-state index in [1.54, 1.807) is 0 Å². The van der Waals surface area contributed by atoms with Crippen molar-refractivity contribution in [2.24, 2.45) is 0 Å². The fourth-order valence-corrected chi connectivity index (χ4v) is 9.46. The van der Waals surface area contributed by atoms with Crippen LogP contribution in [0.1, 0.15) is 0 Å². The van der Waals surface area contributed by atoms with Crippen LogP contribution in [0.25, 0.3) is 99.5 Å². The van der Waals surface area contributed by atoms with Gasteiger partial charge in [0.2, 0.25) is 0 Å². The first-order valence-corrected chi connectivity index (χ1v) is 22.6. The highest BCUT2D eigenvalue weighted by atomic mass is 16.3. The zero-order valence-electron chi connectivity index (χ0n) is 36.2. The summed E-state index contributed by atoms with van der Waals surface area (Å²) in [7, 11) is 0. The van der Waals surface area contributed by atoms with E-state index in [9.17, 15) is 0 Å². The minimum atomic E-state index is 0.875. The van der Waals surface area contributed by atoms with Crippen molar-refractivity contribution in [2.75, 3.05) is 4.90 Å². The van der Waals surface area contributed by atoms with E-state index in [2.05, 4.69) is 248 Å². The van der Waals surface area contributed by atoms with Crippen LogP contribution in [0.4, 0.5) is 17.1 Å². The molecule has 310 valence electrons. The van der Waals surface area contributed by atoms with Crippen molar-refractivity contribution in [1.82, 2.24) is 0 Å². The molecule has 12 rings (SSSR count). The molecule has 0 saturated heterocycles. The van der Waals surface area contributed by atoms with Crippen LogP contribution < -0.4 is 4.90 Å². The molecule has 12 aromatic rings. The predicted octanol–water partition coefficient (Wildman–Crippen LogP) is 18.2. The van der Waals surface area contributed by atoms with E-state index < -0.39 is 0 Å². The molecule has 0 radical (unpaired) electrons. The van der Waals surface area contributed by atoms with Gasteiger partial charge in [-0.2, -0.15) is 0 Å². The Balaban J connectivity index is 0.866. The van der Waals surface area contributed by atoms with Crippen molar-refractivity contribution in [3.8, 4) is 67.0 Å². The Bertz CT molecular complexity index is 3630. The zero-order chi connectivity index (χ0) is 43.8. The first-order valence-electron chi connectivity index (χ1n) is 22.6. The summed E-state index contributed by atoms with van der Waals surface area (Å²) < 4.78 is 6.30. The second kappa shape index (κ2) is 16.8. The number of hydrogen-bond acceptors (Lipinski definition) is 2. The van der Waals surface area contributed by atoms with E-state index in [4.69, 9.17) is 4.42 Å². The fraction of sp³-hybridized carbons (Fsp3) is 0. The Morgan fingerprint density at radius 2 is 0.682 bits per heavy atom. The van der Waals surface area contributed by atoms with Gasteiger partial charge >= 0.3 is 0 Å². The maximum Gasteiger partial charge on any atom is 0.136 e. The molecule has 2 nitrogen and oxygen atoms in total. The molecule has 0 N–H and O–H groups in total. The summed E-state index contributed by atoms with van der Waals surface area (Å²) in [5.74, 6) is 0.875. The molecule has 0 aliphatic rings. The van der Waals surface area contributed by atoms with E-state index in [1.807, 2.05) is 18.2 Å². The number of rotatable bonds is 9. The minimum absolute atomic E-state index is 0.875. The highest BCUT2D eigenvalue weighted by Crippen LogP contribution is 2.40. The maximum absolute atomic E-state index is 6.30. The lowest BCUT2D eigenvalue weighted by Crippen LogP contribution is -2.09. The molecule has 0 unspecified atom stereocenters. The maximum atomic E-state index is 6.30. The van der Waals surface area contributed by atoms with Gasteiger partial charge in [-0.05, 0) is 138 Å². The second-order valence-corrected chi connectivity index (χ2v) is 16.9. The summed E-state index contributed by atoms with van der Waals surface area (Å²) >= 11 is 0. The van der Waals surface area contributed by atoms with Gasteiger partial charge in [-0.15, -0.1) is 0 Å². The molecular formula is C64H43NO. The smallest absolute Gasteiger partial charge is 0.136 e. The molecule has 0 spiro atoms. The van der Waals surface area contributed by atoms with E-state index >= 15 is 0 Å². The van der Waals surface area contributed by atoms with Gasteiger partial charge in [0.05, 0.1) is 0 Å². The third-order valence-electron chi connectivity index (χ3n) is 12.9. The number of para-hydroxylation sites is 1. The summed E-state index contributed by atoms with van der Waals surface area (Å²) in [6.07, 6.45) is 0. The molecule has 0 bridgehead atoms. The van der Waals surface area contributed by atoms with Gasteiger partial charge in [-0.3, -0.25) is 0 Å². The van der Waals surface area contributed by atoms with Crippen LogP contribution in [0.3, 0.4) is 0 Å². The lowest BCUT2D eigenvalue weighted by molar-refractivity contribution is 0.632. The third-order valence-corrected chi connectivity index (χ3v) is 12.9. The molecule has 0 saturated carbocycles. The largest absolute Gasteiger partial charge is 0.456 e. The molecule has 2 heteroatoms. The van der Waals surface area contributed by atoms with Gasteiger partial charge in [-0.1, -0.05) is 200 Å². The molecular weight excluding hydrogens is 799 g/mol. The first-order chi connectivity index (χ1) is 32.7. The average molecular weight is 842 g/mol. The molecule has 1 aromatic heterocycles. The molecule has 0 amide bonds. The number of hydrogen-bond donors (Lipinski definition) is 0. The van der Waals surface area contributed by atoms with Gasteiger partial charge in [0.25, 0.3) is 0 Å². The van der Waals surface area contributed by atoms with Crippen LogP contribution >= 0.6 is 0 Å². The van der Waals surface area contributed by atoms with Crippen LogP contribution in [-0.2, 0) is 0 Å². The Morgan fingerprint density at radius 3 is 1.33 bits per heavy atom. The SMILES string of the molecule is c1ccc(-c2cccc(-c3ccc(N(c4ccc(-c5ccc(-c6ccccc6-c6cc7ccccc7o6)cc5)cc4)c4ccc(-c5ccc6c(ccc7ccccc76)c5)cc4)cc3)c2)cc1. The van der Waals surface area contributed by atoms with Crippen molar-refractivity contribution in [3.63, 3.8) is 0 Å². The van der Waals surface area contributed by atoms with Crippen LogP contribution in [0, 0.1) is 0 Å². The van der Waals surface area contributed by atoms with E-state index in [0.29, 0.717) is 0 Å². The van der Waals surface area contributed by atoms with Crippen LogP contribution in [0.2, 0.25) is 0 Å². The Hall–Kier alpha value is -8.72. The summed E-state index contributed by atoms with van der Waals surface area (Å²) in [4.78, 5) is 2.35. The molecule has 0 atom stereocenters. The lowest BCUT2D eigenvalue weighted by atomic mass is 9.95. The van der Waals surface area contributed by atoms with Gasteiger partial charge < -0.3 is 9.32 Å². The number of nitrogens with zero attached hydrogens (tertiary/aromatic N) is 1. The molecule has 0 aliphatic heterocycles. The Kier molecular flexibility index (Phi) is 9.89. The molecule has 0 aliphatic carbocycles. The second-order valence-electron chi connectivity index (χ2n) is 16.9. The summed E-state index contributed by atoms with van der Waals surface area (Å²) in [6.45, 7) is 0. The van der Waals surface area contributed by atoms with E-state index in [1.165, 1.54) is 54.9 Å². The van der Waals surface area contributed by atoms with Gasteiger partial charge in [0, 0.05) is 28.0 Å². The highest BCUT2D eigenvalue weighted by Gasteiger charge is 2.16. The number of furan rings is 1. The average Bonchev–Trinajstić information content (AvgIpc) is 3.84. The summed E-state index contributed by atoms with van der Waals surface area (Å²) in [6, 6.07) is 93.8. The monoisotopic (exact) mass is 841 g/mol.